The Bertz CT molecular complexity index is 977. The highest BCUT2D eigenvalue weighted by Gasteiger charge is 2.63. The Balaban J connectivity index is 1.65. The van der Waals surface area contributed by atoms with Crippen LogP contribution in [0.5, 0.6) is 0 Å². The van der Waals surface area contributed by atoms with Crippen molar-refractivity contribution >= 4 is 35.1 Å². The summed E-state index contributed by atoms with van der Waals surface area (Å²) in [7, 11) is 0. The number of anilines is 1. The first-order valence-electron chi connectivity index (χ1n) is 9.70. The van der Waals surface area contributed by atoms with Gasteiger partial charge in [-0.15, -0.1) is 0 Å². The van der Waals surface area contributed by atoms with Crippen LogP contribution in [-0.4, -0.2) is 52.3 Å². The predicted molar refractivity (Wildman–Crippen MR) is 107 cm³/mol. The van der Waals surface area contributed by atoms with Crippen molar-refractivity contribution in [2.45, 2.75) is 58.7 Å². The number of nitriles is 1. The third-order valence-electron chi connectivity index (χ3n) is 5.99. The maximum atomic E-state index is 13.3. The molecule has 0 N–H and O–H groups in total. The summed E-state index contributed by atoms with van der Waals surface area (Å²) in [4.78, 5) is 43.8. The van der Waals surface area contributed by atoms with Gasteiger partial charge in [0, 0.05) is 13.0 Å². The van der Waals surface area contributed by atoms with Gasteiger partial charge < -0.3 is 9.80 Å². The summed E-state index contributed by atoms with van der Waals surface area (Å²) < 4.78 is 0. The van der Waals surface area contributed by atoms with E-state index < -0.39 is 6.04 Å². The molecule has 4 rings (SSSR count). The average Bonchev–Trinajstić information content (AvgIpc) is 3.28. The lowest BCUT2D eigenvalue weighted by molar-refractivity contribution is -0.137. The van der Waals surface area contributed by atoms with E-state index in [1.54, 1.807) is 22.8 Å². The summed E-state index contributed by atoms with van der Waals surface area (Å²) in [5.74, 6) is -0.305. The molecule has 0 aromatic heterocycles. The third-order valence-corrected chi connectivity index (χ3v) is 6.47. The van der Waals surface area contributed by atoms with E-state index >= 15 is 0 Å². The highest BCUT2D eigenvalue weighted by atomic mass is 35.5. The van der Waals surface area contributed by atoms with Gasteiger partial charge in [-0.3, -0.25) is 9.59 Å². The van der Waals surface area contributed by atoms with Gasteiger partial charge >= 0.3 is 6.03 Å². The van der Waals surface area contributed by atoms with Gasteiger partial charge in [0.15, 0.2) is 0 Å². The molecule has 3 saturated heterocycles. The van der Waals surface area contributed by atoms with Crippen LogP contribution in [-0.2, 0) is 9.59 Å². The number of rotatable bonds is 2. The summed E-state index contributed by atoms with van der Waals surface area (Å²) in [6.07, 6.45) is 1.04. The van der Waals surface area contributed by atoms with E-state index in [9.17, 15) is 14.4 Å². The van der Waals surface area contributed by atoms with Crippen LogP contribution in [0.15, 0.2) is 12.1 Å². The van der Waals surface area contributed by atoms with Gasteiger partial charge in [-0.25, -0.2) is 9.69 Å². The first-order valence-corrected chi connectivity index (χ1v) is 10.1. The van der Waals surface area contributed by atoms with Crippen molar-refractivity contribution in [3.63, 3.8) is 0 Å². The van der Waals surface area contributed by atoms with Crippen molar-refractivity contribution in [2.75, 3.05) is 11.4 Å². The van der Waals surface area contributed by atoms with Crippen molar-refractivity contribution in [3.8, 4) is 6.07 Å². The molecule has 3 aliphatic rings. The first kappa shape index (κ1) is 19.7. The monoisotopic (exact) mass is 414 g/mol. The van der Waals surface area contributed by atoms with Crippen LogP contribution in [0.3, 0.4) is 0 Å². The Morgan fingerprint density at radius 1 is 1.31 bits per heavy atom. The van der Waals surface area contributed by atoms with Crippen LogP contribution in [0.25, 0.3) is 0 Å². The maximum absolute atomic E-state index is 13.3. The normalized spacial score (nSPS) is 25.7. The number of carbonyl (C=O) groups is 3. The fraction of sp³-hybridized carbons (Fsp3) is 0.524. The van der Waals surface area contributed by atoms with Crippen LogP contribution >= 0.6 is 11.6 Å². The van der Waals surface area contributed by atoms with E-state index in [0.29, 0.717) is 36.2 Å². The minimum atomic E-state index is -0.654. The van der Waals surface area contributed by atoms with E-state index in [-0.39, 0.29) is 40.4 Å². The number of hydrogen-bond acceptors (Lipinski definition) is 4. The molecule has 8 heteroatoms. The van der Waals surface area contributed by atoms with Crippen molar-refractivity contribution in [2.24, 2.45) is 5.41 Å². The quantitative estimate of drug-likeness (QED) is 0.696. The van der Waals surface area contributed by atoms with Crippen LogP contribution < -0.4 is 4.90 Å². The number of likely N-dealkylation sites (tertiary alicyclic amines) is 1. The number of benzene rings is 1. The number of imide groups is 1. The molecular weight excluding hydrogens is 392 g/mol. The van der Waals surface area contributed by atoms with Gasteiger partial charge in [0.2, 0.25) is 5.91 Å². The molecule has 1 unspecified atom stereocenters. The number of hydrogen-bond donors (Lipinski definition) is 0. The Morgan fingerprint density at radius 2 is 2.00 bits per heavy atom. The van der Waals surface area contributed by atoms with E-state index in [4.69, 9.17) is 16.9 Å². The molecule has 3 aliphatic heterocycles. The van der Waals surface area contributed by atoms with Crippen LogP contribution in [0.2, 0.25) is 5.02 Å². The van der Waals surface area contributed by atoms with Gasteiger partial charge in [-0.1, -0.05) is 32.4 Å². The standard InChI is InChI=1S/C21H23ClN4O3/c1-11-14(6-5-12(9-23)17(11)22)26-19(28)18-15-7-13(25(18)20(26)29)10-24(15)16(27)8-21(2,3)4/h5-6,13,15,18H,7-8,10H2,1-4H3/t13-,15?,18+/m1/s1. The van der Waals surface area contributed by atoms with Gasteiger partial charge in [0.05, 0.1) is 28.4 Å². The van der Waals surface area contributed by atoms with E-state index in [2.05, 4.69) is 0 Å². The van der Waals surface area contributed by atoms with Gasteiger partial charge in [0.1, 0.15) is 12.1 Å². The van der Waals surface area contributed by atoms with Gasteiger partial charge in [-0.2, -0.15) is 5.26 Å². The molecule has 3 fully saturated rings. The van der Waals surface area contributed by atoms with E-state index in [1.807, 2.05) is 26.8 Å². The zero-order valence-corrected chi connectivity index (χ0v) is 17.7. The molecule has 2 bridgehead atoms. The summed E-state index contributed by atoms with van der Waals surface area (Å²) in [6, 6.07) is 3.64. The van der Waals surface area contributed by atoms with Crippen molar-refractivity contribution < 1.29 is 14.4 Å². The summed E-state index contributed by atoms with van der Waals surface area (Å²) in [6.45, 7) is 8.19. The second-order valence-electron chi connectivity index (χ2n) is 9.23. The molecule has 0 spiro atoms. The SMILES string of the molecule is Cc1c(N2C(=O)[C@@H]3C4C[C@H](CN4C(=O)CC(C)(C)C)N3C2=O)ccc(C#N)c1Cl. The lowest BCUT2D eigenvalue weighted by Gasteiger charge is -2.36. The molecular formula is C21H23ClN4O3. The maximum Gasteiger partial charge on any atom is 0.332 e. The topological polar surface area (TPSA) is 84.7 Å². The molecule has 29 heavy (non-hydrogen) atoms. The van der Waals surface area contributed by atoms with E-state index in [0.717, 1.165) is 4.90 Å². The molecule has 0 radical (unpaired) electrons. The average molecular weight is 415 g/mol. The smallest absolute Gasteiger partial charge is 0.332 e. The van der Waals surface area contributed by atoms with Gasteiger partial charge in [-0.05, 0) is 36.5 Å². The first-order chi connectivity index (χ1) is 13.5. The number of nitrogens with zero attached hydrogens (tertiary/aromatic N) is 4. The Hall–Kier alpha value is -2.59. The largest absolute Gasteiger partial charge is 0.335 e. The molecule has 1 aromatic rings. The number of halogens is 1. The highest BCUT2D eigenvalue weighted by Crippen LogP contribution is 2.44. The minimum Gasteiger partial charge on any atom is -0.335 e. The summed E-state index contributed by atoms with van der Waals surface area (Å²) >= 11 is 6.25. The van der Waals surface area contributed by atoms with Crippen molar-refractivity contribution in [1.29, 1.82) is 5.26 Å². The lowest BCUT2D eigenvalue weighted by Crippen LogP contribution is -2.55. The number of piperazine rings is 1. The molecule has 4 amide bonds. The number of urea groups is 1. The van der Waals surface area contributed by atoms with Crippen molar-refractivity contribution in [3.05, 3.63) is 28.3 Å². The van der Waals surface area contributed by atoms with Crippen LogP contribution in [0, 0.1) is 23.7 Å². The molecule has 3 atom stereocenters. The fourth-order valence-electron chi connectivity index (χ4n) is 4.72. The molecule has 152 valence electrons. The Kier molecular flexibility index (Phi) is 4.39. The molecule has 1 aromatic carbocycles. The zero-order chi connectivity index (χ0) is 21.2. The molecule has 3 heterocycles. The van der Waals surface area contributed by atoms with E-state index in [1.165, 1.54) is 6.07 Å². The Labute approximate surface area is 174 Å². The zero-order valence-electron chi connectivity index (χ0n) is 16.9. The fourth-order valence-corrected chi connectivity index (χ4v) is 4.93. The Morgan fingerprint density at radius 3 is 2.62 bits per heavy atom. The number of carbonyl (C=O) groups excluding carboxylic acids is 3. The summed E-state index contributed by atoms with van der Waals surface area (Å²) in [5.41, 5.74) is 1.06. The van der Waals surface area contributed by atoms with Crippen molar-refractivity contribution in [1.82, 2.24) is 9.80 Å². The summed E-state index contributed by atoms with van der Waals surface area (Å²) in [5, 5.41) is 9.38. The second kappa shape index (κ2) is 6.46. The highest BCUT2D eigenvalue weighted by molar-refractivity contribution is 6.33. The van der Waals surface area contributed by atoms with Gasteiger partial charge in [0.25, 0.3) is 5.91 Å². The number of amides is 4. The van der Waals surface area contributed by atoms with Crippen LogP contribution in [0.1, 0.15) is 44.7 Å². The predicted octanol–water partition coefficient (Wildman–Crippen LogP) is 3.08. The number of fused-ring (bicyclic) bond motifs is 5. The van der Waals surface area contributed by atoms with Crippen LogP contribution in [0.4, 0.5) is 10.5 Å². The molecule has 7 nitrogen and oxygen atoms in total. The molecule has 0 saturated carbocycles. The molecule has 0 aliphatic carbocycles. The lowest BCUT2D eigenvalue weighted by atomic mass is 9.91. The third kappa shape index (κ3) is 2.89. The minimum absolute atomic E-state index is 0.0287. The second-order valence-corrected chi connectivity index (χ2v) is 9.61.